The maximum Gasteiger partial charge on any atom is 0.328 e. The highest BCUT2D eigenvalue weighted by atomic mass is 16.3. The van der Waals surface area contributed by atoms with Gasteiger partial charge in [-0.3, -0.25) is 19.2 Å². The van der Waals surface area contributed by atoms with Gasteiger partial charge in [0.2, 0.25) is 0 Å². The normalized spacial score (nSPS) is 22.8. The van der Waals surface area contributed by atoms with Gasteiger partial charge in [0.25, 0.3) is 5.56 Å². The maximum atomic E-state index is 12.0. The molecular weight excluding hydrogens is 308 g/mol. The summed E-state index contributed by atoms with van der Waals surface area (Å²) in [6.07, 6.45) is 3.46. The van der Waals surface area contributed by atoms with Gasteiger partial charge in [0.1, 0.15) is 0 Å². The van der Waals surface area contributed by atoms with Crippen molar-refractivity contribution in [2.24, 2.45) is 5.92 Å². The fourth-order valence-corrected chi connectivity index (χ4v) is 3.54. The zero-order chi connectivity index (χ0) is 17.1. The summed E-state index contributed by atoms with van der Waals surface area (Å²) in [5.74, 6) is 0.849. The monoisotopic (exact) mass is 336 g/mol. The van der Waals surface area contributed by atoms with Crippen LogP contribution in [-0.2, 0) is 6.54 Å². The van der Waals surface area contributed by atoms with E-state index in [4.69, 9.17) is 0 Å². The average molecular weight is 336 g/mol. The molecule has 1 atom stereocenters. The summed E-state index contributed by atoms with van der Waals surface area (Å²) in [6, 6.07) is 1.83. The summed E-state index contributed by atoms with van der Waals surface area (Å²) >= 11 is 0. The van der Waals surface area contributed by atoms with Crippen LogP contribution in [0.25, 0.3) is 0 Å². The lowest BCUT2D eigenvalue weighted by atomic mass is 10.1. The Kier molecular flexibility index (Phi) is 5.53. The number of hydrogen-bond acceptors (Lipinski definition) is 5. The summed E-state index contributed by atoms with van der Waals surface area (Å²) < 4.78 is 1.27. The number of aliphatic hydroxyl groups excluding tert-OH is 1. The number of hydrogen-bond donors (Lipinski definition) is 2. The van der Waals surface area contributed by atoms with E-state index in [0.29, 0.717) is 24.8 Å². The van der Waals surface area contributed by atoms with Crippen LogP contribution < -0.4 is 11.2 Å². The topological polar surface area (TPSA) is 81.6 Å². The van der Waals surface area contributed by atoms with Crippen molar-refractivity contribution < 1.29 is 5.11 Å². The van der Waals surface area contributed by atoms with E-state index in [1.54, 1.807) is 6.92 Å². The second kappa shape index (κ2) is 7.63. The van der Waals surface area contributed by atoms with Crippen LogP contribution >= 0.6 is 0 Å². The third kappa shape index (κ3) is 4.34. The highest BCUT2D eigenvalue weighted by Crippen LogP contribution is 2.31. The SMILES string of the molecule is Cc1cc(=O)n(CCN2CCN(CC3CC3)C(CCO)C2)c(=O)[nH]1. The molecule has 1 aliphatic carbocycles. The van der Waals surface area contributed by atoms with Crippen molar-refractivity contribution in [3.8, 4) is 0 Å². The van der Waals surface area contributed by atoms with E-state index in [1.165, 1.54) is 23.5 Å². The largest absolute Gasteiger partial charge is 0.396 e. The number of aliphatic hydroxyl groups is 1. The van der Waals surface area contributed by atoms with Crippen molar-refractivity contribution in [2.45, 2.75) is 38.8 Å². The zero-order valence-corrected chi connectivity index (χ0v) is 14.4. The van der Waals surface area contributed by atoms with Crippen molar-refractivity contribution in [2.75, 3.05) is 39.3 Å². The van der Waals surface area contributed by atoms with E-state index in [9.17, 15) is 14.7 Å². The van der Waals surface area contributed by atoms with Crippen LogP contribution in [0.3, 0.4) is 0 Å². The van der Waals surface area contributed by atoms with E-state index in [0.717, 1.165) is 38.5 Å². The van der Waals surface area contributed by atoms with Gasteiger partial charge >= 0.3 is 5.69 Å². The lowest BCUT2D eigenvalue weighted by Gasteiger charge is -2.41. The molecule has 1 saturated carbocycles. The molecule has 2 heterocycles. The first-order chi connectivity index (χ1) is 11.6. The molecule has 0 amide bonds. The van der Waals surface area contributed by atoms with Crippen LogP contribution in [0.15, 0.2) is 15.7 Å². The third-order valence-corrected chi connectivity index (χ3v) is 5.14. The Balaban J connectivity index is 1.58. The van der Waals surface area contributed by atoms with Gasteiger partial charge in [-0.15, -0.1) is 0 Å². The van der Waals surface area contributed by atoms with E-state index in [2.05, 4.69) is 14.8 Å². The number of piperazine rings is 1. The molecule has 1 unspecified atom stereocenters. The summed E-state index contributed by atoms with van der Waals surface area (Å²) in [6.45, 7) is 7.01. The summed E-state index contributed by atoms with van der Waals surface area (Å²) in [7, 11) is 0. The molecule has 3 rings (SSSR count). The highest BCUT2D eigenvalue weighted by Gasteiger charge is 2.31. The predicted octanol–water partition coefficient (Wildman–Crippen LogP) is -0.376. The molecule has 134 valence electrons. The highest BCUT2D eigenvalue weighted by molar-refractivity contribution is 4.96. The Morgan fingerprint density at radius 2 is 2.04 bits per heavy atom. The van der Waals surface area contributed by atoms with Crippen LogP contribution in [0.1, 0.15) is 25.0 Å². The Bertz CT molecular complexity index is 633. The molecule has 2 aliphatic rings. The lowest BCUT2D eigenvalue weighted by Crippen LogP contribution is -2.54. The van der Waals surface area contributed by atoms with Crippen LogP contribution in [0, 0.1) is 12.8 Å². The molecule has 0 bridgehead atoms. The summed E-state index contributed by atoms with van der Waals surface area (Å²) in [5.41, 5.74) is 0.0211. The molecule has 1 aromatic heterocycles. The summed E-state index contributed by atoms with van der Waals surface area (Å²) in [5, 5.41) is 9.34. The van der Waals surface area contributed by atoms with Gasteiger partial charge in [-0.2, -0.15) is 0 Å². The summed E-state index contributed by atoms with van der Waals surface area (Å²) in [4.78, 5) is 31.4. The van der Waals surface area contributed by atoms with Crippen molar-refractivity contribution in [1.29, 1.82) is 0 Å². The minimum atomic E-state index is -0.334. The molecule has 2 fully saturated rings. The van der Waals surface area contributed by atoms with Crippen LogP contribution in [0.2, 0.25) is 0 Å². The first kappa shape index (κ1) is 17.4. The molecule has 2 N–H and O–H groups in total. The van der Waals surface area contributed by atoms with E-state index < -0.39 is 0 Å². The van der Waals surface area contributed by atoms with Crippen molar-refractivity contribution in [3.63, 3.8) is 0 Å². The lowest BCUT2D eigenvalue weighted by molar-refractivity contribution is 0.0540. The Labute approximate surface area is 141 Å². The predicted molar refractivity (Wildman–Crippen MR) is 92.3 cm³/mol. The van der Waals surface area contributed by atoms with E-state index >= 15 is 0 Å². The first-order valence-corrected chi connectivity index (χ1v) is 8.95. The molecule has 1 saturated heterocycles. The standard InChI is InChI=1S/C17H28N4O3/c1-13-10-16(23)21(17(24)18-13)8-6-19-5-7-20(11-14-2-3-14)15(12-19)4-9-22/h10,14-15,22H,2-9,11-12H2,1H3,(H,18,24). The van der Waals surface area contributed by atoms with Gasteiger partial charge in [-0.1, -0.05) is 0 Å². The molecule has 7 nitrogen and oxygen atoms in total. The van der Waals surface area contributed by atoms with Gasteiger partial charge < -0.3 is 10.1 Å². The van der Waals surface area contributed by atoms with Crippen molar-refractivity contribution in [1.82, 2.24) is 19.4 Å². The number of nitrogens with zero attached hydrogens (tertiary/aromatic N) is 3. The van der Waals surface area contributed by atoms with Crippen LogP contribution in [-0.4, -0.2) is 69.8 Å². The Hall–Kier alpha value is -1.44. The van der Waals surface area contributed by atoms with Crippen molar-refractivity contribution in [3.05, 3.63) is 32.6 Å². The molecule has 1 aromatic rings. The van der Waals surface area contributed by atoms with Crippen LogP contribution in [0.5, 0.6) is 0 Å². The molecule has 0 radical (unpaired) electrons. The first-order valence-electron chi connectivity index (χ1n) is 8.95. The van der Waals surface area contributed by atoms with Crippen LogP contribution in [0.4, 0.5) is 0 Å². The Morgan fingerprint density at radius 3 is 2.71 bits per heavy atom. The number of aryl methyl sites for hydroxylation is 1. The smallest absolute Gasteiger partial charge is 0.328 e. The fourth-order valence-electron chi connectivity index (χ4n) is 3.54. The van der Waals surface area contributed by atoms with Gasteiger partial charge in [-0.05, 0) is 32.1 Å². The quantitative estimate of drug-likeness (QED) is 0.710. The number of nitrogens with one attached hydrogen (secondary N) is 1. The number of aromatic amines is 1. The second-order valence-electron chi connectivity index (χ2n) is 7.15. The third-order valence-electron chi connectivity index (χ3n) is 5.14. The molecular formula is C17H28N4O3. The minimum absolute atomic E-state index is 0.205. The van der Waals surface area contributed by atoms with Gasteiger partial charge in [0.05, 0.1) is 0 Å². The van der Waals surface area contributed by atoms with E-state index in [-0.39, 0.29) is 17.9 Å². The fraction of sp³-hybridized carbons (Fsp3) is 0.765. The molecule has 0 spiro atoms. The van der Waals surface area contributed by atoms with Gasteiger partial charge in [0, 0.05) is 63.7 Å². The van der Waals surface area contributed by atoms with Gasteiger partial charge in [-0.25, -0.2) is 4.79 Å². The average Bonchev–Trinajstić information content (AvgIpc) is 3.33. The second-order valence-corrected chi connectivity index (χ2v) is 7.15. The molecule has 1 aliphatic heterocycles. The number of aromatic nitrogens is 2. The molecule has 24 heavy (non-hydrogen) atoms. The molecule has 7 heteroatoms. The number of rotatable bonds is 7. The maximum absolute atomic E-state index is 12.0. The van der Waals surface area contributed by atoms with Crippen molar-refractivity contribution >= 4 is 0 Å². The Morgan fingerprint density at radius 1 is 1.25 bits per heavy atom. The zero-order valence-electron chi connectivity index (χ0n) is 14.4. The van der Waals surface area contributed by atoms with E-state index in [1.807, 2.05) is 0 Å². The molecule has 0 aromatic carbocycles. The number of H-pyrrole nitrogens is 1. The van der Waals surface area contributed by atoms with Gasteiger partial charge in [0.15, 0.2) is 0 Å². The minimum Gasteiger partial charge on any atom is -0.396 e.